The summed E-state index contributed by atoms with van der Waals surface area (Å²) in [5.41, 5.74) is 1.17. The standard InChI is InChI=1S/C16H17F2NO3S/c1-10(19-12-5-6-13(17)14(18)9-12)11-4-7-16(23(3,20)21)15(8-11)22-2/h4-10,19H,1-3H3/t10-/m1/s1. The third-order valence-corrected chi connectivity index (χ3v) is 4.53. The second-order valence-electron chi connectivity index (χ2n) is 5.18. The van der Waals surface area contributed by atoms with E-state index in [2.05, 4.69) is 5.32 Å². The normalized spacial score (nSPS) is 12.7. The third kappa shape index (κ3) is 3.98. The van der Waals surface area contributed by atoms with Crippen LogP contribution in [-0.2, 0) is 9.84 Å². The van der Waals surface area contributed by atoms with Gasteiger partial charge in [-0.15, -0.1) is 0 Å². The number of hydrogen-bond acceptors (Lipinski definition) is 4. The van der Waals surface area contributed by atoms with Gasteiger partial charge in [0.1, 0.15) is 10.6 Å². The molecule has 0 bridgehead atoms. The summed E-state index contributed by atoms with van der Waals surface area (Å²) in [7, 11) is -2.00. The highest BCUT2D eigenvalue weighted by Gasteiger charge is 2.16. The molecule has 0 amide bonds. The van der Waals surface area contributed by atoms with Gasteiger partial charge >= 0.3 is 0 Å². The maximum atomic E-state index is 13.2. The van der Waals surface area contributed by atoms with Gasteiger partial charge in [0.05, 0.1) is 7.11 Å². The van der Waals surface area contributed by atoms with Crippen molar-refractivity contribution >= 4 is 15.5 Å². The van der Waals surface area contributed by atoms with Crippen molar-refractivity contribution in [1.29, 1.82) is 0 Å². The van der Waals surface area contributed by atoms with Crippen molar-refractivity contribution in [3.63, 3.8) is 0 Å². The number of sulfone groups is 1. The molecule has 0 heterocycles. The predicted molar refractivity (Wildman–Crippen MR) is 84.5 cm³/mol. The average Bonchev–Trinajstić information content (AvgIpc) is 2.49. The highest BCUT2D eigenvalue weighted by Crippen LogP contribution is 2.29. The van der Waals surface area contributed by atoms with E-state index in [1.54, 1.807) is 12.1 Å². The molecule has 124 valence electrons. The van der Waals surface area contributed by atoms with Crippen molar-refractivity contribution < 1.29 is 21.9 Å². The summed E-state index contributed by atoms with van der Waals surface area (Å²) < 4.78 is 54.7. The first-order chi connectivity index (χ1) is 10.7. The molecule has 0 aliphatic carbocycles. The summed E-state index contributed by atoms with van der Waals surface area (Å²) in [5, 5.41) is 3.02. The molecule has 0 saturated heterocycles. The Hall–Kier alpha value is -2.15. The van der Waals surface area contributed by atoms with Crippen LogP contribution in [0.3, 0.4) is 0 Å². The molecule has 0 fully saturated rings. The molecule has 2 rings (SSSR count). The molecule has 7 heteroatoms. The molecule has 0 spiro atoms. The van der Waals surface area contributed by atoms with Crippen LogP contribution in [0.2, 0.25) is 0 Å². The topological polar surface area (TPSA) is 55.4 Å². The van der Waals surface area contributed by atoms with Gasteiger partial charge in [-0.25, -0.2) is 17.2 Å². The first kappa shape index (κ1) is 17.2. The number of nitrogens with one attached hydrogen (secondary N) is 1. The number of rotatable bonds is 5. The summed E-state index contributed by atoms with van der Waals surface area (Å²) in [5.74, 6) is -1.61. The number of anilines is 1. The zero-order chi connectivity index (χ0) is 17.2. The van der Waals surface area contributed by atoms with E-state index in [1.165, 1.54) is 19.2 Å². The second kappa shape index (κ2) is 6.54. The minimum Gasteiger partial charge on any atom is -0.495 e. The van der Waals surface area contributed by atoms with Crippen LogP contribution in [0.15, 0.2) is 41.3 Å². The van der Waals surface area contributed by atoms with Gasteiger partial charge in [-0.1, -0.05) is 6.07 Å². The molecule has 0 radical (unpaired) electrons. The fourth-order valence-corrected chi connectivity index (χ4v) is 3.00. The Morgan fingerprint density at radius 1 is 1.09 bits per heavy atom. The Morgan fingerprint density at radius 3 is 2.35 bits per heavy atom. The Bertz CT molecular complexity index is 822. The van der Waals surface area contributed by atoms with Crippen molar-refractivity contribution in [1.82, 2.24) is 0 Å². The number of hydrogen-bond donors (Lipinski definition) is 1. The van der Waals surface area contributed by atoms with Crippen LogP contribution in [-0.4, -0.2) is 21.8 Å². The number of methoxy groups -OCH3 is 1. The maximum absolute atomic E-state index is 13.2. The highest BCUT2D eigenvalue weighted by molar-refractivity contribution is 7.90. The van der Waals surface area contributed by atoms with E-state index in [0.717, 1.165) is 24.0 Å². The predicted octanol–water partition coefficient (Wildman–Crippen LogP) is 3.55. The third-order valence-electron chi connectivity index (χ3n) is 3.39. The first-order valence-electron chi connectivity index (χ1n) is 6.82. The molecule has 0 aromatic heterocycles. The van der Waals surface area contributed by atoms with Crippen molar-refractivity contribution in [2.24, 2.45) is 0 Å². The molecule has 2 aromatic carbocycles. The van der Waals surface area contributed by atoms with Crippen LogP contribution in [0, 0.1) is 11.6 Å². The molecule has 0 saturated carbocycles. The van der Waals surface area contributed by atoms with Crippen molar-refractivity contribution in [2.45, 2.75) is 17.9 Å². The molecule has 1 N–H and O–H groups in total. The fraction of sp³-hybridized carbons (Fsp3) is 0.250. The quantitative estimate of drug-likeness (QED) is 0.904. The fourth-order valence-electron chi connectivity index (χ4n) is 2.18. The summed E-state index contributed by atoms with van der Waals surface area (Å²) in [6, 6.07) is 7.99. The molecule has 0 aliphatic heterocycles. The molecule has 2 aromatic rings. The van der Waals surface area contributed by atoms with Gasteiger partial charge in [0.15, 0.2) is 21.5 Å². The monoisotopic (exact) mass is 341 g/mol. The minimum absolute atomic E-state index is 0.101. The lowest BCUT2D eigenvalue weighted by molar-refractivity contribution is 0.402. The van der Waals surface area contributed by atoms with Gasteiger partial charge in [0, 0.05) is 24.1 Å². The highest BCUT2D eigenvalue weighted by atomic mass is 32.2. The molecule has 1 atom stereocenters. The summed E-state index contributed by atoms with van der Waals surface area (Å²) >= 11 is 0. The minimum atomic E-state index is -3.39. The summed E-state index contributed by atoms with van der Waals surface area (Å²) in [6.07, 6.45) is 1.10. The second-order valence-corrected chi connectivity index (χ2v) is 7.16. The van der Waals surface area contributed by atoms with Gasteiger partial charge in [-0.05, 0) is 36.8 Å². The van der Waals surface area contributed by atoms with Gasteiger partial charge < -0.3 is 10.1 Å². The maximum Gasteiger partial charge on any atom is 0.179 e. The van der Waals surface area contributed by atoms with Crippen LogP contribution in [0.25, 0.3) is 0 Å². The molecule has 0 aliphatic rings. The van der Waals surface area contributed by atoms with E-state index in [4.69, 9.17) is 4.74 Å². The molecular weight excluding hydrogens is 324 g/mol. The summed E-state index contributed by atoms with van der Waals surface area (Å²) in [4.78, 5) is 0.101. The zero-order valence-corrected chi connectivity index (χ0v) is 13.7. The van der Waals surface area contributed by atoms with Gasteiger partial charge in [-0.3, -0.25) is 0 Å². The number of ether oxygens (including phenoxy) is 1. The van der Waals surface area contributed by atoms with Crippen LogP contribution in [0.1, 0.15) is 18.5 Å². The van der Waals surface area contributed by atoms with Gasteiger partial charge in [0.2, 0.25) is 0 Å². The first-order valence-corrected chi connectivity index (χ1v) is 8.71. The van der Waals surface area contributed by atoms with Crippen LogP contribution in [0.5, 0.6) is 5.75 Å². The zero-order valence-electron chi connectivity index (χ0n) is 12.9. The van der Waals surface area contributed by atoms with E-state index in [0.29, 0.717) is 5.69 Å². The smallest absolute Gasteiger partial charge is 0.179 e. The van der Waals surface area contributed by atoms with Gasteiger partial charge in [0.25, 0.3) is 0 Å². The van der Waals surface area contributed by atoms with E-state index in [9.17, 15) is 17.2 Å². The van der Waals surface area contributed by atoms with Crippen molar-refractivity contribution in [3.05, 3.63) is 53.6 Å². The molecule has 4 nitrogen and oxygen atoms in total. The van der Waals surface area contributed by atoms with Crippen molar-refractivity contribution in [2.75, 3.05) is 18.7 Å². The van der Waals surface area contributed by atoms with E-state index >= 15 is 0 Å². The SMILES string of the molecule is COc1cc([C@@H](C)Nc2ccc(F)c(F)c2)ccc1S(C)(=O)=O. The lowest BCUT2D eigenvalue weighted by atomic mass is 10.1. The summed E-state index contributed by atoms with van der Waals surface area (Å²) in [6.45, 7) is 1.82. The largest absolute Gasteiger partial charge is 0.495 e. The van der Waals surface area contributed by atoms with E-state index in [-0.39, 0.29) is 16.7 Å². The van der Waals surface area contributed by atoms with Crippen LogP contribution < -0.4 is 10.1 Å². The number of benzene rings is 2. The van der Waals surface area contributed by atoms with Crippen molar-refractivity contribution in [3.8, 4) is 5.75 Å². The van der Waals surface area contributed by atoms with Crippen LogP contribution >= 0.6 is 0 Å². The Labute approximate surface area is 134 Å². The average molecular weight is 341 g/mol. The lowest BCUT2D eigenvalue weighted by Crippen LogP contribution is -2.08. The Morgan fingerprint density at radius 2 is 1.78 bits per heavy atom. The van der Waals surface area contributed by atoms with E-state index in [1.807, 2.05) is 6.92 Å². The molecule has 0 unspecified atom stereocenters. The van der Waals surface area contributed by atoms with Crippen LogP contribution in [0.4, 0.5) is 14.5 Å². The number of halogens is 2. The Kier molecular flexibility index (Phi) is 4.89. The Balaban J connectivity index is 2.29. The van der Waals surface area contributed by atoms with E-state index < -0.39 is 21.5 Å². The molecular formula is C16H17F2NO3S. The van der Waals surface area contributed by atoms with Gasteiger partial charge in [-0.2, -0.15) is 0 Å². The molecule has 23 heavy (non-hydrogen) atoms. The lowest BCUT2D eigenvalue weighted by Gasteiger charge is -2.17.